The van der Waals surface area contributed by atoms with Crippen molar-refractivity contribution in [3.05, 3.63) is 0 Å². The number of ether oxygens (including phenoxy) is 1. The van der Waals surface area contributed by atoms with Gasteiger partial charge in [-0.25, -0.2) is 4.18 Å². The zero-order valence-corrected chi connectivity index (χ0v) is 12.2. The number of hydrogen-bond acceptors (Lipinski definition) is 5. The first-order valence-electron chi connectivity index (χ1n) is 6.44. The molecule has 0 rings (SSSR count). The molecular formula is C11H19F3O6S. The minimum absolute atomic E-state index is 0.0935. The molecule has 6 nitrogen and oxygen atoms in total. The summed E-state index contributed by atoms with van der Waals surface area (Å²) in [6, 6.07) is 0. The van der Waals surface area contributed by atoms with E-state index in [1.165, 1.54) is 0 Å². The lowest BCUT2D eigenvalue weighted by Gasteiger charge is -2.06. The molecule has 0 atom stereocenters. The molecule has 0 aliphatic heterocycles. The van der Waals surface area contributed by atoms with Gasteiger partial charge in [-0.05, 0) is 12.8 Å². The van der Waals surface area contributed by atoms with Crippen molar-refractivity contribution in [2.75, 3.05) is 13.2 Å². The standard InChI is InChI=1S/C11H19F3O6S/c12-11(13,14)7-4-2-1-3-5-8-19-10(15)6-9-20-21(16,17)18/h1-9H2,(H,16,17,18). The third-order valence-electron chi connectivity index (χ3n) is 2.41. The second-order valence-electron chi connectivity index (χ2n) is 4.35. The molecule has 0 amide bonds. The lowest BCUT2D eigenvalue weighted by atomic mass is 10.1. The Bertz CT molecular complexity index is 393. The summed E-state index contributed by atoms with van der Waals surface area (Å²) >= 11 is 0. The summed E-state index contributed by atoms with van der Waals surface area (Å²) in [5.41, 5.74) is 0. The van der Waals surface area contributed by atoms with Crippen LogP contribution < -0.4 is 0 Å². The van der Waals surface area contributed by atoms with Crippen molar-refractivity contribution >= 4 is 16.4 Å². The Kier molecular flexibility index (Phi) is 9.54. The molecule has 0 fully saturated rings. The fourth-order valence-corrected chi connectivity index (χ4v) is 1.74. The molecule has 0 aliphatic rings. The molecule has 21 heavy (non-hydrogen) atoms. The first-order chi connectivity index (χ1) is 9.60. The maximum Gasteiger partial charge on any atom is 0.397 e. The van der Waals surface area contributed by atoms with Crippen molar-refractivity contribution in [3.63, 3.8) is 0 Å². The number of carbonyl (C=O) groups excluding carboxylic acids is 1. The molecular weight excluding hydrogens is 317 g/mol. The zero-order chi connectivity index (χ0) is 16.4. The summed E-state index contributed by atoms with van der Waals surface area (Å²) in [6.07, 6.45) is -2.85. The SMILES string of the molecule is O=C(CCOS(=O)(=O)O)OCCCCCCCC(F)(F)F. The molecule has 0 aromatic carbocycles. The van der Waals surface area contributed by atoms with Crippen LogP contribution in [0.15, 0.2) is 0 Å². The van der Waals surface area contributed by atoms with Gasteiger partial charge in [0.2, 0.25) is 0 Å². The normalized spacial score (nSPS) is 12.4. The van der Waals surface area contributed by atoms with E-state index in [4.69, 9.17) is 9.29 Å². The van der Waals surface area contributed by atoms with E-state index in [1.54, 1.807) is 0 Å². The first-order valence-corrected chi connectivity index (χ1v) is 7.81. The van der Waals surface area contributed by atoms with E-state index in [-0.39, 0.29) is 19.4 Å². The van der Waals surface area contributed by atoms with E-state index in [0.717, 1.165) is 0 Å². The predicted octanol–water partition coefficient (Wildman–Crippen LogP) is 2.64. The summed E-state index contributed by atoms with van der Waals surface area (Å²) < 4.78 is 72.7. The van der Waals surface area contributed by atoms with Gasteiger partial charge < -0.3 is 4.74 Å². The molecule has 0 unspecified atom stereocenters. The van der Waals surface area contributed by atoms with Gasteiger partial charge in [0.1, 0.15) is 0 Å². The van der Waals surface area contributed by atoms with Gasteiger partial charge in [-0.1, -0.05) is 19.3 Å². The molecule has 1 N–H and O–H groups in total. The van der Waals surface area contributed by atoms with Gasteiger partial charge in [0.15, 0.2) is 0 Å². The Balaban J connectivity index is 3.37. The molecule has 10 heteroatoms. The van der Waals surface area contributed by atoms with E-state index < -0.39 is 35.6 Å². The van der Waals surface area contributed by atoms with Gasteiger partial charge >= 0.3 is 22.5 Å². The van der Waals surface area contributed by atoms with Crippen LogP contribution >= 0.6 is 0 Å². The third-order valence-corrected chi connectivity index (χ3v) is 2.87. The molecule has 0 radical (unpaired) electrons. The predicted molar refractivity (Wildman–Crippen MR) is 66.8 cm³/mol. The quantitative estimate of drug-likeness (QED) is 0.354. The Morgan fingerprint density at radius 3 is 2.14 bits per heavy atom. The van der Waals surface area contributed by atoms with Gasteiger partial charge in [-0.3, -0.25) is 9.35 Å². The number of unbranched alkanes of at least 4 members (excludes halogenated alkanes) is 4. The minimum Gasteiger partial charge on any atom is -0.466 e. The van der Waals surface area contributed by atoms with E-state index in [1.807, 2.05) is 0 Å². The van der Waals surface area contributed by atoms with E-state index >= 15 is 0 Å². The number of carbonyl (C=O) groups is 1. The Morgan fingerprint density at radius 2 is 1.57 bits per heavy atom. The van der Waals surface area contributed by atoms with Crippen LogP contribution in [0.1, 0.15) is 44.9 Å². The van der Waals surface area contributed by atoms with Crippen LogP contribution in [0, 0.1) is 0 Å². The topological polar surface area (TPSA) is 89.9 Å². The molecule has 0 aromatic heterocycles. The fourth-order valence-electron chi connectivity index (χ4n) is 1.45. The van der Waals surface area contributed by atoms with Crippen LogP contribution in [0.2, 0.25) is 0 Å². The van der Waals surface area contributed by atoms with Crippen LogP contribution in [-0.2, 0) is 24.1 Å². The second-order valence-corrected chi connectivity index (χ2v) is 5.44. The third kappa shape index (κ3) is 17.1. The molecule has 0 aliphatic carbocycles. The van der Waals surface area contributed by atoms with Crippen molar-refractivity contribution in [2.24, 2.45) is 0 Å². The molecule has 0 bridgehead atoms. The summed E-state index contributed by atoms with van der Waals surface area (Å²) in [6.45, 7) is -0.390. The van der Waals surface area contributed by atoms with Gasteiger partial charge in [0.05, 0.1) is 19.6 Å². The van der Waals surface area contributed by atoms with Gasteiger partial charge in [0.25, 0.3) is 0 Å². The van der Waals surface area contributed by atoms with Crippen LogP contribution in [0.25, 0.3) is 0 Å². The molecule has 0 saturated heterocycles. The maximum absolute atomic E-state index is 11.8. The average Bonchev–Trinajstić information content (AvgIpc) is 2.29. The van der Waals surface area contributed by atoms with Crippen LogP contribution in [0.5, 0.6) is 0 Å². The number of halogens is 3. The molecule has 0 heterocycles. The number of rotatable bonds is 11. The monoisotopic (exact) mass is 336 g/mol. The second kappa shape index (κ2) is 9.96. The van der Waals surface area contributed by atoms with E-state index in [9.17, 15) is 26.4 Å². The minimum atomic E-state index is -4.56. The summed E-state index contributed by atoms with van der Waals surface area (Å²) in [5, 5.41) is 0. The van der Waals surface area contributed by atoms with Crippen LogP contribution in [0.4, 0.5) is 13.2 Å². The molecule has 126 valence electrons. The van der Waals surface area contributed by atoms with Gasteiger partial charge in [0, 0.05) is 6.42 Å². The van der Waals surface area contributed by atoms with Crippen LogP contribution in [0.3, 0.4) is 0 Å². The highest BCUT2D eigenvalue weighted by atomic mass is 32.3. The number of esters is 1. The fraction of sp³-hybridized carbons (Fsp3) is 0.909. The van der Waals surface area contributed by atoms with Crippen molar-refractivity contribution < 1.29 is 39.9 Å². The molecule has 0 aromatic rings. The average molecular weight is 336 g/mol. The zero-order valence-electron chi connectivity index (χ0n) is 11.4. The lowest BCUT2D eigenvalue weighted by Crippen LogP contribution is -2.12. The number of alkyl halides is 3. The van der Waals surface area contributed by atoms with Crippen molar-refractivity contribution in [2.45, 2.75) is 51.1 Å². The maximum atomic E-state index is 11.8. The van der Waals surface area contributed by atoms with Gasteiger partial charge in [-0.15, -0.1) is 0 Å². The Morgan fingerprint density at radius 1 is 1.00 bits per heavy atom. The van der Waals surface area contributed by atoms with Crippen molar-refractivity contribution in [3.8, 4) is 0 Å². The van der Waals surface area contributed by atoms with Crippen LogP contribution in [-0.4, -0.2) is 38.3 Å². The van der Waals surface area contributed by atoms with Crippen molar-refractivity contribution in [1.82, 2.24) is 0 Å². The highest BCUT2D eigenvalue weighted by Gasteiger charge is 2.25. The Hall–Kier alpha value is -0.870. The van der Waals surface area contributed by atoms with E-state index in [2.05, 4.69) is 4.18 Å². The summed E-state index contributed by atoms with van der Waals surface area (Å²) in [5.74, 6) is -0.671. The Labute approximate surface area is 121 Å². The van der Waals surface area contributed by atoms with Crippen molar-refractivity contribution in [1.29, 1.82) is 0 Å². The molecule has 0 saturated carbocycles. The lowest BCUT2D eigenvalue weighted by molar-refractivity contribution is -0.144. The summed E-state index contributed by atoms with van der Waals surface area (Å²) in [7, 11) is -4.56. The largest absolute Gasteiger partial charge is 0.466 e. The molecule has 0 spiro atoms. The number of hydrogen-bond donors (Lipinski definition) is 1. The van der Waals surface area contributed by atoms with Gasteiger partial charge in [-0.2, -0.15) is 21.6 Å². The first kappa shape index (κ1) is 20.1. The smallest absolute Gasteiger partial charge is 0.397 e. The highest BCUT2D eigenvalue weighted by molar-refractivity contribution is 7.80. The summed E-state index contributed by atoms with van der Waals surface area (Å²) in [4.78, 5) is 11.1. The van der Waals surface area contributed by atoms with E-state index in [0.29, 0.717) is 25.7 Å². The highest BCUT2D eigenvalue weighted by Crippen LogP contribution is 2.22.